The molecule has 2 aromatic heterocycles. The molecule has 12 N–H and O–H groups in total. The number of hydrogen-bond acceptors (Lipinski definition) is 14. The van der Waals surface area contributed by atoms with Crippen molar-refractivity contribution in [2.45, 2.75) is 27.1 Å². The summed E-state index contributed by atoms with van der Waals surface area (Å²) in [6.45, 7) is 2.37. The lowest BCUT2D eigenvalue weighted by Crippen LogP contribution is -1.85. The molecule has 0 aliphatic carbocycles. The van der Waals surface area contributed by atoms with Gasteiger partial charge < -0.3 is 52.3 Å². The average molecular weight is 495 g/mol. The smallest absolute Gasteiger partial charge is 0.192 e. The summed E-state index contributed by atoms with van der Waals surface area (Å²) < 4.78 is 0. The summed E-state index contributed by atoms with van der Waals surface area (Å²) in [5.41, 5.74) is 0.981. The van der Waals surface area contributed by atoms with Crippen LogP contribution in [0.4, 0.5) is 0 Å². The number of hydrogen-bond donors (Lipinski definition) is 8. The van der Waals surface area contributed by atoms with Crippen LogP contribution in [-0.4, -0.2) is 90.8 Å². The number of aliphatic hydroxyl groups excluding tert-OH is 4. The zero-order valence-electron chi connectivity index (χ0n) is 19.0. The van der Waals surface area contributed by atoms with E-state index in [0.29, 0.717) is 24.2 Å². The summed E-state index contributed by atoms with van der Waals surface area (Å²) in [5, 5.41) is 31.8. The van der Waals surface area contributed by atoms with Crippen molar-refractivity contribution in [3.05, 3.63) is 35.9 Å². The van der Waals surface area contributed by atoms with Crippen molar-refractivity contribution in [3.8, 4) is 0 Å². The quantitative estimate of drug-likeness (QED) is 0.158. The zero-order chi connectivity index (χ0) is 25.6. The molecule has 0 unspecified atom stereocenters. The third-order valence-electron chi connectivity index (χ3n) is 1.98. The molecule has 0 saturated heterocycles. The predicted octanol–water partition coefficient (Wildman–Crippen LogP) is -2.05. The minimum absolute atomic E-state index is 0. The summed E-state index contributed by atoms with van der Waals surface area (Å²) in [4.78, 5) is 67.2. The van der Waals surface area contributed by atoms with E-state index in [2.05, 4.69) is 19.9 Å². The minimum Gasteiger partial charge on any atom is -0.389 e. The van der Waals surface area contributed by atoms with Crippen LogP contribution in [0, 0.1) is 6.92 Å². The van der Waals surface area contributed by atoms with Crippen molar-refractivity contribution < 1.29 is 49.2 Å². The fourth-order valence-electron chi connectivity index (χ4n) is 0.932. The van der Waals surface area contributed by atoms with Crippen molar-refractivity contribution in [1.29, 1.82) is 0 Å². The Hall–Kier alpha value is -3.80. The molecule has 0 saturated carbocycles. The first-order chi connectivity index (χ1) is 15.3. The van der Waals surface area contributed by atoms with Gasteiger partial charge in [-0.3, -0.25) is 19.2 Å². The molecule has 0 bridgehead atoms. The Balaban J connectivity index is -0.0000000703. The van der Waals surface area contributed by atoms with Crippen molar-refractivity contribution in [2.75, 3.05) is 13.2 Å². The third-order valence-corrected chi connectivity index (χ3v) is 1.98. The van der Waals surface area contributed by atoms with Crippen molar-refractivity contribution in [2.24, 2.45) is 0 Å². The molecule has 0 radical (unpaired) electrons. The Morgan fingerprint density at radius 3 is 1.41 bits per heavy atom. The van der Waals surface area contributed by atoms with Gasteiger partial charge in [-0.05, 0) is 6.92 Å². The zero-order valence-corrected chi connectivity index (χ0v) is 19.0. The molecule has 16 heteroatoms. The summed E-state index contributed by atoms with van der Waals surface area (Å²) in [5.74, 6) is 0.813. The van der Waals surface area contributed by atoms with Crippen LogP contribution in [0.5, 0.6) is 0 Å². The number of imidazole rings is 2. The van der Waals surface area contributed by atoms with E-state index >= 15 is 0 Å². The first kappa shape index (κ1) is 44.0. The highest BCUT2D eigenvalue weighted by molar-refractivity contribution is 6.23. The van der Waals surface area contributed by atoms with Gasteiger partial charge in [-0.1, -0.05) is 0 Å². The number of aliphatic hydroxyl groups is 4. The number of aromatic nitrogens is 4. The number of Topliss-reactive ketones (excluding diaryl/α,β-unsaturated/α-hetero) is 1. The summed E-state index contributed by atoms with van der Waals surface area (Å²) >= 11 is 0. The molecular formula is C18H34N6O10. The van der Waals surface area contributed by atoms with Gasteiger partial charge in [-0.25, -0.2) is 9.97 Å². The minimum atomic E-state index is -0.426. The highest BCUT2D eigenvalue weighted by atomic mass is 16.3. The molecule has 2 heterocycles. The number of nitrogens with zero attached hydrogens (tertiary/aromatic N) is 2. The third kappa shape index (κ3) is 46.4. The van der Waals surface area contributed by atoms with Gasteiger partial charge in [0, 0.05) is 31.2 Å². The number of H-pyrrole nitrogens is 2. The molecule has 34 heavy (non-hydrogen) atoms. The molecule has 0 amide bonds. The average Bonchev–Trinajstić information content (AvgIpc) is 3.51. The highest BCUT2D eigenvalue weighted by Gasteiger charge is 1.90. The fraction of sp³-hybridized carbons (Fsp3) is 0.333. The van der Waals surface area contributed by atoms with E-state index in [1.54, 1.807) is 18.6 Å². The van der Waals surface area contributed by atoms with Crippen LogP contribution >= 0.6 is 0 Å². The standard InChI is InChI=1S/C5H8N2O.C4H6N2O.C3H4O2.2C2H4O2.C2H2O2.2H3N/c1-4-2-6-5(3-8)7-4;7-3-4-5-1-2-6-4;1-3(5)2-4;3*3-1-2-4;;/h2,8H,3H2,1H3,(H,6,7);1-2,7H,3H2,(H,5,6);2H,1H3;2*1,4H,2H2;1-2H;2*1H3. The first-order valence-electron chi connectivity index (χ1n) is 8.42. The lowest BCUT2D eigenvalue weighted by molar-refractivity contribution is -0.128. The number of carbonyl (C=O) groups excluding carboxylic acids is 6. The summed E-state index contributed by atoms with van der Waals surface area (Å²) in [7, 11) is 0. The lowest BCUT2D eigenvalue weighted by atomic mass is 10.5. The molecule has 0 aliphatic heterocycles. The number of aromatic amines is 2. The lowest BCUT2D eigenvalue weighted by Gasteiger charge is -1.81. The normalized spacial score (nSPS) is 7.24. The number of aryl methyl sites for hydroxylation is 1. The number of ketones is 1. The molecule has 0 spiro atoms. The maximum Gasteiger partial charge on any atom is 0.192 e. The monoisotopic (exact) mass is 494 g/mol. The highest BCUT2D eigenvalue weighted by Crippen LogP contribution is 1.92. The molecule has 2 aromatic rings. The molecule has 0 atom stereocenters. The second kappa shape index (κ2) is 39.7. The second-order valence-electron chi connectivity index (χ2n) is 4.56. The Morgan fingerprint density at radius 1 is 0.882 bits per heavy atom. The van der Waals surface area contributed by atoms with Crippen LogP contribution in [-0.2, 0) is 42.0 Å². The Labute approximate surface area is 195 Å². The molecule has 0 aliphatic rings. The number of nitrogens with one attached hydrogen (secondary N) is 2. The summed E-state index contributed by atoms with van der Waals surface area (Å²) in [6.07, 6.45) is 6.49. The Bertz CT molecular complexity index is 694. The maximum atomic E-state index is 9.44. The van der Waals surface area contributed by atoms with E-state index in [0.717, 1.165) is 5.69 Å². The van der Waals surface area contributed by atoms with Gasteiger partial charge in [-0.15, -0.1) is 0 Å². The largest absolute Gasteiger partial charge is 0.389 e. The van der Waals surface area contributed by atoms with Gasteiger partial charge in [-0.2, -0.15) is 0 Å². The predicted molar refractivity (Wildman–Crippen MR) is 119 cm³/mol. The van der Waals surface area contributed by atoms with Crippen molar-refractivity contribution in [3.63, 3.8) is 0 Å². The summed E-state index contributed by atoms with van der Waals surface area (Å²) in [6, 6.07) is 0. The number of carbonyl (C=O) groups is 6. The first-order valence-corrected chi connectivity index (χ1v) is 8.42. The molecule has 0 aromatic carbocycles. The van der Waals surface area contributed by atoms with E-state index < -0.39 is 5.78 Å². The SMILES string of the molecule is CC(=O)C=O.Cc1cnc(CO)[nH]1.N.N.O=CC=O.O=CCO.O=CCO.OCc1ncc[nH]1. The van der Waals surface area contributed by atoms with Gasteiger partial charge in [0.2, 0.25) is 0 Å². The molecule has 2 rings (SSSR count). The van der Waals surface area contributed by atoms with Crippen LogP contribution < -0.4 is 12.3 Å². The van der Waals surface area contributed by atoms with Crippen LogP contribution in [0.1, 0.15) is 24.3 Å². The molecule has 196 valence electrons. The van der Waals surface area contributed by atoms with E-state index in [9.17, 15) is 4.79 Å². The van der Waals surface area contributed by atoms with Gasteiger partial charge >= 0.3 is 0 Å². The molecule has 16 nitrogen and oxygen atoms in total. The van der Waals surface area contributed by atoms with E-state index in [1.165, 1.54) is 6.92 Å². The van der Waals surface area contributed by atoms with Gasteiger partial charge in [0.1, 0.15) is 37.4 Å². The van der Waals surface area contributed by atoms with Crippen LogP contribution in [0.25, 0.3) is 0 Å². The van der Waals surface area contributed by atoms with Gasteiger partial charge in [0.25, 0.3) is 0 Å². The number of aldehydes is 5. The van der Waals surface area contributed by atoms with Crippen molar-refractivity contribution in [1.82, 2.24) is 32.2 Å². The van der Waals surface area contributed by atoms with Crippen molar-refractivity contribution >= 4 is 37.2 Å². The molecular weight excluding hydrogens is 460 g/mol. The van der Waals surface area contributed by atoms with E-state index in [-0.39, 0.29) is 57.6 Å². The maximum absolute atomic E-state index is 9.44. The Morgan fingerprint density at radius 2 is 1.29 bits per heavy atom. The van der Waals surface area contributed by atoms with Gasteiger partial charge in [0.05, 0.1) is 13.2 Å². The van der Waals surface area contributed by atoms with E-state index in [1.807, 2.05) is 6.92 Å². The van der Waals surface area contributed by atoms with Crippen LogP contribution in [0.2, 0.25) is 0 Å². The topological polar surface area (TPSA) is 311 Å². The molecule has 0 fully saturated rings. The Kier molecular flexibility index (Phi) is 51.3. The van der Waals surface area contributed by atoms with E-state index in [4.69, 9.17) is 44.4 Å². The van der Waals surface area contributed by atoms with Crippen LogP contribution in [0.3, 0.4) is 0 Å². The van der Waals surface area contributed by atoms with Gasteiger partial charge in [0.15, 0.2) is 24.6 Å². The van der Waals surface area contributed by atoms with Crippen LogP contribution in [0.15, 0.2) is 18.6 Å². The number of rotatable bonds is 6. The fourth-order valence-corrected chi connectivity index (χ4v) is 0.932. The second-order valence-corrected chi connectivity index (χ2v) is 4.56.